The van der Waals surface area contributed by atoms with Gasteiger partial charge in [0.15, 0.2) is 0 Å². The quantitative estimate of drug-likeness (QED) is 0.201. The Balaban J connectivity index is 1.32. The van der Waals surface area contributed by atoms with Crippen LogP contribution in [0.5, 0.6) is 0 Å². The van der Waals surface area contributed by atoms with Crippen LogP contribution in [0.2, 0.25) is 10.0 Å². The van der Waals surface area contributed by atoms with Crippen molar-refractivity contribution in [2.24, 2.45) is 17.8 Å². The summed E-state index contributed by atoms with van der Waals surface area (Å²) >= 11 is 13.2. The summed E-state index contributed by atoms with van der Waals surface area (Å²) < 4.78 is 27.8. The van der Waals surface area contributed by atoms with Gasteiger partial charge in [-0.25, -0.2) is 8.42 Å². The average molecular weight is 711 g/mol. The third-order valence-corrected chi connectivity index (χ3v) is 12.5. The molecule has 1 atom stereocenters. The van der Waals surface area contributed by atoms with E-state index in [2.05, 4.69) is 17.4 Å². The average Bonchev–Trinajstić information content (AvgIpc) is 3.04. The standard InChI is InChI=1S/C38H45Cl2N3O4S/c1-3-16-41-37(45)35(20-26-8-5-4-6-9-26)42(24-32-33(39)10-7-11-34(32)40)36(44)25-43(48(2,46)47)31-14-12-30(13-15-31)38-21-27-17-28(22-38)19-29(18-27)23-38/h4-15,27-29,35H,3,16-25H2,1-2H3,(H,41,45)/t27?,28?,29?,35-,38?/m0/s1. The largest absolute Gasteiger partial charge is 0.354 e. The highest BCUT2D eigenvalue weighted by molar-refractivity contribution is 7.92. The van der Waals surface area contributed by atoms with Crippen molar-refractivity contribution in [3.63, 3.8) is 0 Å². The summed E-state index contributed by atoms with van der Waals surface area (Å²) in [6.45, 7) is 1.84. The van der Waals surface area contributed by atoms with Gasteiger partial charge in [0.2, 0.25) is 21.8 Å². The van der Waals surface area contributed by atoms with E-state index in [0.717, 1.165) is 40.3 Å². The summed E-state index contributed by atoms with van der Waals surface area (Å²) in [4.78, 5) is 29.6. The highest BCUT2D eigenvalue weighted by Crippen LogP contribution is 2.60. The van der Waals surface area contributed by atoms with Gasteiger partial charge in [0.1, 0.15) is 12.6 Å². The molecule has 1 N–H and O–H groups in total. The molecule has 10 heteroatoms. The lowest BCUT2D eigenvalue weighted by atomic mass is 9.48. The fourth-order valence-electron chi connectivity index (χ4n) is 8.83. The number of benzene rings is 3. The number of hydrogen-bond donors (Lipinski definition) is 1. The van der Waals surface area contributed by atoms with Gasteiger partial charge in [-0.15, -0.1) is 0 Å². The van der Waals surface area contributed by atoms with Gasteiger partial charge in [0.25, 0.3) is 0 Å². The van der Waals surface area contributed by atoms with Crippen LogP contribution in [-0.4, -0.2) is 50.5 Å². The molecule has 256 valence electrons. The number of halogens is 2. The van der Waals surface area contributed by atoms with Gasteiger partial charge in [-0.3, -0.25) is 13.9 Å². The second-order valence-corrected chi connectivity index (χ2v) is 17.0. The van der Waals surface area contributed by atoms with E-state index in [4.69, 9.17) is 23.2 Å². The summed E-state index contributed by atoms with van der Waals surface area (Å²) in [5.74, 6) is 1.50. The third-order valence-electron chi connectivity index (χ3n) is 10.7. The number of nitrogens with zero attached hydrogens (tertiary/aromatic N) is 2. The topological polar surface area (TPSA) is 86.8 Å². The Hall–Kier alpha value is -3.07. The van der Waals surface area contributed by atoms with Crippen molar-refractivity contribution in [1.82, 2.24) is 10.2 Å². The normalized spacial score (nSPS) is 23.5. The first-order chi connectivity index (χ1) is 23.0. The van der Waals surface area contributed by atoms with E-state index < -0.39 is 28.5 Å². The van der Waals surface area contributed by atoms with Gasteiger partial charge < -0.3 is 10.2 Å². The molecule has 0 aromatic heterocycles. The molecule has 0 spiro atoms. The van der Waals surface area contributed by atoms with Crippen LogP contribution < -0.4 is 9.62 Å². The molecule has 0 saturated heterocycles. The Morgan fingerprint density at radius 2 is 1.46 bits per heavy atom. The Morgan fingerprint density at radius 3 is 2.00 bits per heavy atom. The van der Waals surface area contributed by atoms with E-state index in [1.165, 1.54) is 49.0 Å². The first-order valence-electron chi connectivity index (χ1n) is 17.1. The second kappa shape index (κ2) is 14.4. The van der Waals surface area contributed by atoms with Crippen molar-refractivity contribution < 1.29 is 18.0 Å². The molecule has 7 rings (SSSR count). The maximum Gasteiger partial charge on any atom is 0.244 e. The van der Waals surface area contributed by atoms with Gasteiger partial charge in [-0.1, -0.05) is 78.7 Å². The van der Waals surface area contributed by atoms with Crippen LogP contribution >= 0.6 is 23.2 Å². The molecule has 4 saturated carbocycles. The third kappa shape index (κ3) is 7.56. The zero-order valence-electron chi connectivity index (χ0n) is 27.7. The lowest BCUT2D eigenvalue weighted by molar-refractivity contribution is -0.140. The first kappa shape index (κ1) is 34.8. The van der Waals surface area contributed by atoms with Crippen LogP contribution in [0.15, 0.2) is 72.8 Å². The molecule has 7 nitrogen and oxygen atoms in total. The molecule has 3 aromatic carbocycles. The smallest absolute Gasteiger partial charge is 0.244 e. The summed E-state index contributed by atoms with van der Waals surface area (Å²) in [7, 11) is -3.88. The van der Waals surface area contributed by atoms with Crippen LogP contribution in [0.25, 0.3) is 0 Å². The lowest BCUT2D eigenvalue weighted by Crippen LogP contribution is -2.53. The Bertz CT molecular complexity index is 1680. The van der Waals surface area contributed by atoms with Gasteiger partial charge in [-0.2, -0.15) is 0 Å². The van der Waals surface area contributed by atoms with Crippen molar-refractivity contribution in [3.05, 3.63) is 99.5 Å². The fraction of sp³-hybridized carbons (Fsp3) is 0.474. The number of hydrogen-bond acceptors (Lipinski definition) is 4. The van der Waals surface area contributed by atoms with E-state index in [-0.39, 0.29) is 24.3 Å². The minimum absolute atomic E-state index is 0.0725. The molecule has 4 bridgehead atoms. The Morgan fingerprint density at radius 1 is 0.875 bits per heavy atom. The van der Waals surface area contributed by atoms with Crippen molar-refractivity contribution in [3.8, 4) is 0 Å². The number of carbonyl (C=O) groups excluding carboxylic acids is 2. The van der Waals surface area contributed by atoms with Gasteiger partial charge in [0.05, 0.1) is 11.9 Å². The molecule has 4 aliphatic rings. The molecule has 48 heavy (non-hydrogen) atoms. The minimum atomic E-state index is -3.88. The predicted molar refractivity (Wildman–Crippen MR) is 193 cm³/mol. The maximum atomic E-state index is 14.5. The predicted octanol–water partition coefficient (Wildman–Crippen LogP) is 7.39. The summed E-state index contributed by atoms with van der Waals surface area (Å²) in [6, 6.07) is 21.4. The molecule has 0 radical (unpaired) electrons. The van der Waals surface area contributed by atoms with Gasteiger partial charge >= 0.3 is 0 Å². The second-order valence-electron chi connectivity index (χ2n) is 14.2. The minimum Gasteiger partial charge on any atom is -0.354 e. The number of nitrogens with one attached hydrogen (secondary N) is 1. The van der Waals surface area contributed by atoms with Gasteiger partial charge in [0, 0.05) is 35.1 Å². The van der Waals surface area contributed by atoms with E-state index in [1.54, 1.807) is 18.2 Å². The lowest BCUT2D eigenvalue weighted by Gasteiger charge is -2.57. The Labute approximate surface area is 295 Å². The highest BCUT2D eigenvalue weighted by atomic mass is 35.5. The number of sulfonamides is 1. The molecular weight excluding hydrogens is 665 g/mol. The van der Waals surface area contributed by atoms with Crippen molar-refractivity contribution in [2.75, 3.05) is 23.7 Å². The Kier molecular flexibility index (Phi) is 10.4. The van der Waals surface area contributed by atoms with Crippen LogP contribution in [0.1, 0.15) is 68.6 Å². The molecule has 4 aliphatic carbocycles. The van der Waals surface area contributed by atoms with Crippen molar-refractivity contribution >= 4 is 50.7 Å². The summed E-state index contributed by atoms with van der Waals surface area (Å²) in [5, 5.41) is 3.66. The number of anilines is 1. The molecule has 0 aliphatic heterocycles. The first-order valence-corrected chi connectivity index (χ1v) is 19.7. The maximum absolute atomic E-state index is 14.5. The van der Waals surface area contributed by atoms with Crippen molar-refractivity contribution in [1.29, 1.82) is 0 Å². The van der Waals surface area contributed by atoms with E-state index in [1.807, 2.05) is 49.4 Å². The molecular formula is C38H45Cl2N3O4S. The monoisotopic (exact) mass is 709 g/mol. The number of amides is 2. The molecule has 2 amide bonds. The molecule has 0 heterocycles. The number of carbonyl (C=O) groups is 2. The van der Waals surface area contributed by atoms with Crippen molar-refractivity contribution in [2.45, 2.75) is 76.3 Å². The van der Waals surface area contributed by atoms with Crippen LogP contribution in [0, 0.1) is 17.8 Å². The van der Waals surface area contributed by atoms with Crippen LogP contribution in [0.3, 0.4) is 0 Å². The zero-order chi connectivity index (χ0) is 34.1. The van der Waals surface area contributed by atoms with E-state index in [9.17, 15) is 18.0 Å². The molecule has 4 fully saturated rings. The van der Waals surface area contributed by atoms with Crippen LogP contribution in [-0.2, 0) is 38.0 Å². The van der Waals surface area contributed by atoms with Crippen LogP contribution in [0.4, 0.5) is 5.69 Å². The molecule has 3 aromatic rings. The zero-order valence-corrected chi connectivity index (χ0v) is 30.0. The van der Waals surface area contributed by atoms with E-state index >= 15 is 0 Å². The number of rotatable bonds is 13. The SMILES string of the molecule is CCCNC(=O)[C@H](Cc1ccccc1)N(Cc1c(Cl)cccc1Cl)C(=O)CN(c1ccc(C23CC4CC(CC(C4)C2)C3)cc1)S(C)(=O)=O. The highest BCUT2D eigenvalue weighted by Gasteiger charge is 2.51. The summed E-state index contributed by atoms with van der Waals surface area (Å²) in [5.41, 5.74) is 3.21. The van der Waals surface area contributed by atoms with E-state index in [0.29, 0.717) is 27.8 Å². The fourth-order valence-corrected chi connectivity index (χ4v) is 10.2. The van der Waals surface area contributed by atoms with Gasteiger partial charge in [-0.05, 0) is 104 Å². The summed E-state index contributed by atoms with van der Waals surface area (Å²) in [6.07, 6.45) is 9.70. The molecule has 0 unspecified atom stereocenters.